The van der Waals surface area contributed by atoms with Gasteiger partial charge in [-0.15, -0.1) is 0 Å². The van der Waals surface area contributed by atoms with Crippen molar-refractivity contribution in [3.05, 3.63) is 76.2 Å². The summed E-state index contributed by atoms with van der Waals surface area (Å²) in [5.41, 5.74) is 8.09. The molecule has 1 amide bonds. The first-order valence-electron chi connectivity index (χ1n) is 12.4. The van der Waals surface area contributed by atoms with E-state index in [1.807, 2.05) is 0 Å². The summed E-state index contributed by atoms with van der Waals surface area (Å²) >= 11 is 5.90. The van der Waals surface area contributed by atoms with E-state index >= 15 is 0 Å². The Morgan fingerprint density at radius 1 is 1.07 bits per heavy atom. The lowest BCUT2D eigenvalue weighted by atomic mass is 9.88. The third-order valence-corrected chi connectivity index (χ3v) is 6.81. The van der Waals surface area contributed by atoms with E-state index in [4.69, 9.17) is 32.5 Å². The number of hydrogen-bond donors (Lipinski definition) is 3. The number of nitrogens with two attached hydrogens (primary N) is 2. The molecule has 0 aliphatic heterocycles. The monoisotopic (exact) mass is 580 g/mol. The number of carbonyl (C=O) groups is 1. The minimum atomic E-state index is -5.04. The Morgan fingerprint density at radius 2 is 1.77 bits per heavy atom. The third-order valence-electron chi connectivity index (χ3n) is 6.52. The van der Waals surface area contributed by atoms with E-state index in [1.54, 1.807) is 13.8 Å². The Kier molecular flexibility index (Phi) is 8.04. The second kappa shape index (κ2) is 10.9. The summed E-state index contributed by atoms with van der Waals surface area (Å²) in [6, 6.07) is 10.6. The summed E-state index contributed by atoms with van der Waals surface area (Å²) in [6.45, 7) is 2.17. The molecule has 40 heavy (non-hydrogen) atoms. The normalized spacial score (nSPS) is 15.3. The highest BCUT2D eigenvalue weighted by molar-refractivity contribution is 6.31. The van der Waals surface area contributed by atoms with Gasteiger partial charge in [-0.25, -0.2) is 4.39 Å². The number of amides is 1. The fourth-order valence-electron chi connectivity index (χ4n) is 3.86. The van der Waals surface area contributed by atoms with Crippen LogP contribution in [-0.4, -0.2) is 36.8 Å². The zero-order chi connectivity index (χ0) is 29.5. The smallest absolute Gasteiger partial charge is 0.413 e. The molecule has 4 rings (SSSR count). The van der Waals surface area contributed by atoms with Gasteiger partial charge in [-0.05, 0) is 80.8 Å². The van der Waals surface area contributed by atoms with Crippen LogP contribution in [0.3, 0.4) is 0 Å². The molecule has 0 spiro atoms. The van der Waals surface area contributed by atoms with Crippen molar-refractivity contribution in [2.24, 2.45) is 11.5 Å². The third kappa shape index (κ3) is 6.32. The van der Waals surface area contributed by atoms with E-state index < -0.39 is 41.2 Å². The molecule has 1 fully saturated rings. The second-order valence-corrected chi connectivity index (χ2v) is 10.7. The molecule has 5 N–H and O–H groups in total. The Bertz CT molecular complexity index is 1420. The van der Waals surface area contributed by atoms with Crippen LogP contribution in [0.1, 0.15) is 48.3 Å². The van der Waals surface area contributed by atoms with E-state index in [1.165, 1.54) is 43.5 Å². The van der Waals surface area contributed by atoms with Crippen molar-refractivity contribution in [1.82, 2.24) is 10.3 Å². The first-order valence-corrected chi connectivity index (χ1v) is 12.8. The van der Waals surface area contributed by atoms with Crippen LogP contribution in [0, 0.1) is 5.82 Å². The van der Waals surface area contributed by atoms with Gasteiger partial charge in [0.15, 0.2) is 17.0 Å². The largest absolute Gasteiger partial charge is 0.493 e. The lowest BCUT2D eigenvalue weighted by Crippen LogP contribution is -2.58. The SMILES string of the molecule is COc1cc(C(=O)NCC(N)(c2cc(C(C)(C)N)cc(-c3ccc(F)c(Cl)c3)n2)C(F)(F)F)ccc1OC1CC1. The van der Waals surface area contributed by atoms with Crippen LogP contribution in [0.15, 0.2) is 48.5 Å². The minimum Gasteiger partial charge on any atom is -0.493 e. The minimum absolute atomic E-state index is 0.0503. The number of aromatic nitrogens is 1. The van der Waals surface area contributed by atoms with Crippen molar-refractivity contribution in [3.63, 3.8) is 0 Å². The van der Waals surface area contributed by atoms with Crippen molar-refractivity contribution >= 4 is 17.5 Å². The van der Waals surface area contributed by atoms with E-state index in [-0.39, 0.29) is 39.3 Å². The summed E-state index contributed by atoms with van der Waals surface area (Å²) in [6.07, 6.45) is -3.14. The molecule has 1 aliphatic rings. The van der Waals surface area contributed by atoms with Gasteiger partial charge >= 0.3 is 6.18 Å². The van der Waals surface area contributed by atoms with Crippen LogP contribution >= 0.6 is 11.6 Å². The van der Waals surface area contributed by atoms with Gasteiger partial charge in [0.2, 0.25) is 0 Å². The molecule has 12 heteroatoms. The van der Waals surface area contributed by atoms with Gasteiger partial charge in [0.1, 0.15) is 5.82 Å². The van der Waals surface area contributed by atoms with Crippen LogP contribution < -0.4 is 26.3 Å². The molecular formula is C28H29ClF4N4O3. The lowest BCUT2D eigenvalue weighted by molar-refractivity contribution is -0.188. The van der Waals surface area contributed by atoms with Crippen molar-refractivity contribution in [2.45, 2.75) is 50.0 Å². The van der Waals surface area contributed by atoms with E-state index in [0.717, 1.165) is 25.0 Å². The predicted molar refractivity (Wildman–Crippen MR) is 143 cm³/mol. The van der Waals surface area contributed by atoms with Crippen LogP contribution in [0.4, 0.5) is 17.6 Å². The van der Waals surface area contributed by atoms with Crippen molar-refractivity contribution in [2.75, 3.05) is 13.7 Å². The second-order valence-electron chi connectivity index (χ2n) is 10.3. The van der Waals surface area contributed by atoms with Crippen molar-refractivity contribution in [1.29, 1.82) is 0 Å². The number of benzene rings is 2. The summed E-state index contributed by atoms with van der Waals surface area (Å²) < 4.78 is 68.5. The number of ether oxygens (including phenoxy) is 2. The van der Waals surface area contributed by atoms with Gasteiger partial charge < -0.3 is 26.3 Å². The molecule has 1 heterocycles. The van der Waals surface area contributed by atoms with Gasteiger partial charge in [-0.3, -0.25) is 9.78 Å². The highest BCUT2D eigenvalue weighted by Gasteiger charge is 2.55. The molecule has 214 valence electrons. The molecule has 1 atom stereocenters. The molecule has 7 nitrogen and oxygen atoms in total. The molecular weight excluding hydrogens is 552 g/mol. The standard InChI is InChI=1S/C28H29ClF4N4O3/c1-26(2,34)17-12-21(15-4-8-20(30)19(29)10-15)37-24(13-17)27(35,28(31,32)33)14-36-25(38)16-5-9-22(23(11-16)39-3)40-18-6-7-18/h4-5,8-13,18H,6-7,14,34-35H2,1-3H3,(H,36,38). The molecule has 3 aromatic rings. The number of nitrogens with one attached hydrogen (secondary N) is 1. The average Bonchev–Trinajstić information content (AvgIpc) is 3.71. The molecule has 1 unspecified atom stereocenters. The maximum atomic E-state index is 14.6. The number of alkyl halides is 3. The Hall–Kier alpha value is -3.41. The maximum absolute atomic E-state index is 14.6. The first-order chi connectivity index (χ1) is 18.6. The van der Waals surface area contributed by atoms with Crippen molar-refractivity contribution < 1.29 is 31.8 Å². The summed E-state index contributed by atoms with van der Waals surface area (Å²) in [7, 11) is 1.40. The zero-order valence-corrected chi connectivity index (χ0v) is 22.8. The van der Waals surface area contributed by atoms with Gasteiger partial charge in [0.05, 0.1) is 36.2 Å². The highest BCUT2D eigenvalue weighted by atomic mass is 35.5. The quantitative estimate of drug-likeness (QED) is 0.291. The first kappa shape index (κ1) is 29.6. The zero-order valence-electron chi connectivity index (χ0n) is 22.0. The number of rotatable bonds is 9. The predicted octanol–water partition coefficient (Wildman–Crippen LogP) is 5.43. The summed E-state index contributed by atoms with van der Waals surface area (Å²) in [5.74, 6) is -0.799. The molecule has 1 saturated carbocycles. The van der Waals surface area contributed by atoms with Crippen LogP contribution in [-0.2, 0) is 11.1 Å². The van der Waals surface area contributed by atoms with E-state index in [0.29, 0.717) is 5.75 Å². The van der Waals surface area contributed by atoms with E-state index in [9.17, 15) is 22.4 Å². The Morgan fingerprint density at radius 3 is 2.35 bits per heavy atom. The number of pyridine rings is 1. The average molecular weight is 581 g/mol. The van der Waals surface area contributed by atoms with Gasteiger partial charge in [0, 0.05) is 16.7 Å². The van der Waals surface area contributed by atoms with Crippen molar-refractivity contribution in [3.8, 4) is 22.8 Å². The molecule has 0 saturated heterocycles. The number of methoxy groups -OCH3 is 1. The number of hydrogen-bond acceptors (Lipinski definition) is 6. The Labute approximate surface area is 233 Å². The summed E-state index contributed by atoms with van der Waals surface area (Å²) in [4.78, 5) is 17.1. The lowest BCUT2D eigenvalue weighted by Gasteiger charge is -2.33. The van der Waals surface area contributed by atoms with Crippen LogP contribution in [0.2, 0.25) is 5.02 Å². The molecule has 0 radical (unpaired) electrons. The van der Waals surface area contributed by atoms with Gasteiger partial charge in [0.25, 0.3) is 5.91 Å². The fourth-order valence-corrected chi connectivity index (χ4v) is 4.04. The summed E-state index contributed by atoms with van der Waals surface area (Å²) in [5, 5.41) is 2.05. The Balaban J connectivity index is 1.69. The van der Waals surface area contributed by atoms with E-state index in [2.05, 4.69) is 10.3 Å². The fraction of sp³-hybridized carbons (Fsp3) is 0.357. The molecule has 0 bridgehead atoms. The van der Waals surface area contributed by atoms with Gasteiger partial charge in [-0.2, -0.15) is 13.2 Å². The number of nitrogens with zero attached hydrogens (tertiary/aromatic N) is 1. The van der Waals surface area contributed by atoms with Crippen LogP contribution in [0.5, 0.6) is 11.5 Å². The molecule has 1 aliphatic carbocycles. The molecule has 2 aromatic carbocycles. The number of halogens is 5. The molecule has 1 aromatic heterocycles. The van der Waals surface area contributed by atoms with Gasteiger partial charge in [-0.1, -0.05) is 11.6 Å². The highest BCUT2D eigenvalue weighted by Crippen LogP contribution is 2.39. The topological polar surface area (TPSA) is 112 Å². The maximum Gasteiger partial charge on any atom is 0.413 e. The van der Waals surface area contributed by atoms with Crippen LogP contribution in [0.25, 0.3) is 11.3 Å². The number of carbonyl (C=O) groups excluding carboxylic acids is 1.